The minimum absolute atomic E-state index is 0. The summed E-state index contributed by atoms with van der Waals surface area (Å²) in [6, 6.07) is 1.94. The molecule has 0 aliphatic carbocycles. The van der Waals surface area contributed by atoms with Crippen molar-refractivity contribution in [1.82, 2.24) is 0 Å². The summed E-state index contributed by atoms with van der Waals surface area (Å²) in [5.74, 6) is 0. The minimum Gasteiger partial charge on any atom is -1.00 e. The van der Waals surface area contributed by atoms with E-state index in [1.807, 2.05) is 11.4 Å². The molecule has 0 bridgehead atoms. The fourth-order valence-corrected chi connectivity index (χ4v) is 3.67. The Bertz CT molecular complexity index is 555. The number of hydrogen-bond acceptors (Lipinski definition) is 6. The van der Waals surface area contributed by atoms with E-state index < -0.39 is 0 Å². The summed E-state index contributed by atoms with van der Waals surface area (Å²) in [6.45, 7) is 0.426. The molecule has 0 aliphatic rings. The fourth-order valence-electron chi connectivity index (χ4n) is 1.30. The molecule has 7 heteroatoms. The molecule has 2 heterocycles. The summed E-state index contributed by atoms with van der Waals surface area (Å²) in [5.41, 5.74) is 0.630. The van der Waals surface area contributed by atoms with Crippen molar-refractivity contribution in [3.8, 4) is 0 Å². The second kappa shape index (κ2) is 7.25. The largest absolute Gasteiger partial charge is 1.00 e. The first-order valence-electron chi connectivity index (χ1n) is 4.53. The second-order valence-electron chi connectivity index (χ2n) is 3.08. The van der Waals surface area contributed by atoms with Crippen molar-refractivity contribution < 1.29 is 40.5 Å². The maximum absolute atomic E-state index is 12.1. The first-order valence-corrected chi connectivity index (χ1v) is 6.67. The van der Waals surface area contributed by atoms with Crippen molar-refractivity contribution >= 4 is 44.7 Å². The quantitative estimate of drug-likeness (QED) is 0.369. The van der Waals surface area contributed by atoms with Gasteiger partial charge in [0.25, 0.3) is 0 Å². The van der Waals surface area contributed by atoms with Gasteiger partial charge in [0, 0.05) is 7.11 Å². The Hall–Kier alpha value is 0.600. The maximum Gasteiger partial charge on any atom is 1.00 e. The zero-order valence-corrected chi connectivity index (χ0v) is 14.1. The third-order valence-electron chi connectivity index (χ3n) is 2.02. The summed E-state index contributed by atoms with van der Waals surface area (Å²) in [6.07, 6.45) is 0. The molecule has 2 aromatic rings. The maximum atomic E-state index is 12.1. The molecule has 3 nitrogen and oxygen atoms in total. The van der Waals surface area contributed by atoms with Gasteiger partial charge in [0.1, 0.15) is 6.79 Å². The second-order valence-corrected chi connectivity index (χ2v) is 5.80. The van der Waals surface area contributed by atoms with Crippen LogP contribution in [0, 0.1) is 0 Å². The average molecular weight is 298 g/mol. The summed E-state index contributed by atoms with van der Waals surface area (Å²) in [7, 11) is 1.55. The van der Waals surface area contributed by atoms with Crippen LogP contribution in [0.5, 0.6) is 0 Å². The Morgan fingerprint density at radius 3 is 3.00 bits per heavy atom. The van der Waals surface area contributed by atoms with Crippen LogP contribution in [0.3, 0.4) is 0 Å². The Morgan fingerprint density at radius 2 is 2.29 bits per heavy atom. The van der Waals surface area contributed by atoms with Crippen LogP contribution in [-0.4, -0.2) is 13.9 Å². The number of thiol groups is 1. The van der Waals surface area contributed by atoms with Gasteiger partial charge < -0.3 is 10.9 Å². The topological polar surface area (TPSA) is 35.5 Å². The van der Waals surface area contributed by atoms with Gasteiger partial charge in [-0.25, -0.2) is 0 Å². The molecule has 0 fully saturated rings. The zero-order chi connectivity index (χ0) is 11.5. The van der Waals surface area contributed by atoms with Gasteiger partial charge >= 0.3 is 29.6 Å². The Labute approximate surface area is 136 Å². The van der Waals surface area contributed by atoms with Crippen molar-refractivity contribution in [3.05, 3.63) is 27.2 Å². The van der Waals surface area contributed by atoms with Gasteiger partial charge in [0.05, 0.1) is 25.8 Å². The van der Waals surface area contributed by atoms with Crippen LogP contribution in [0.1, 0.15) is 6.99 Å². The van der Waals surface area contributed by atoms with E-state index in [4.69, 9.17) is 9.47 Å². The average Bonchev–Trinajstić information content (AvgIpc) is 2.71. The van der Waals surface area contributed by atoms with Crippen LogP contribution in [0.2, 0.25) is 0 Å². The molecular weight excluding hydrogens is 287 g/mol. The van der Waals surface area contributed by atoms with Crippen LogP contribution in [0.4, 0.5) is 0 Å². The summed E-state index contributed by atoms with van der Waals surface area (Å²) < 4.78 is 12.4. The molecule has 0 unspecified atom stereocenters. The Kier molecular flexibility index (Phi) is 6.68. The standard InChI is InChI=1S/C10H10O3S3.Na.H/c1-12-5-13-4-6-8(11)9-7(2-3-15-9)16-10(6)14;;/h2-3,14H,4-5H2,1H3;;/q;+1;-1. The number of methoxy groups -OCH3 is 1. The van der Waals surface area contributed by atoms with E-state index in [0.29, 0.717) is 9.77 Å². The first kappa shape index (κ1) is 15.7. The normalized spacial score (nSPS) is 10.5. The van der Waals surface area contributed by atoms with E-state index in [2.05, 4.69) is 12.6 Å². The molecule has 0 aromatic carbocycles. The molecule has 17 heavy (non-hydrogen) atoms. The van der Waals surface area contributed by atoms with E-state index in [9.17, 15) is 4.79 Å². The molecule has 2 rings (SSSR count). The molecule has 0 saturated heterocycles. The third kappa shape index (κ3) is 3.54. The van der Waals surface area contributed by atoms with E-state index in [1.165, 1.54) is 22.7 Å². The zero-order valence-electron chi connectivity index (χ0n) is 10.6. The predicted molar refractivity (Wildman–Crippen MR) is 71.0 cm³/mol. The molecule has 0 amide bonds. The Balaban J connectivity index is 0.00000144. The van der Waals surface area contributed by atoms with Crippen LogP contribution in [-0.2, 0) is 16.1 Å². The SMILES string of the molecule is COCOCc1c(S)sc2ccsc2c1=O.[H-].[Na+]. The fraction of sp³-hybridized carbons (Fsp3) is 0.300. The smallest absolute Gasteiger partial charge is 1.00 e. The van der Waals surface area contributed by atoms with Gasteiger partial charge in [-0.1, -0.05) is 0 Å². The van der Waals surface area contributed by atoms with E-state index in [0.717, 1.165) is 9.40 Å². The van der Waals surface area contributed by atoms with Crippen molar-refractivity contribution in [1.29, 1.82) is 0 Å². The third-order valence-corrected chi connectivity index (χ3v) is 4.61. The van der Waals surface area contributed by atoms with Gasteiger partial charge in [-0.15, -0.1) is 35.3 Å². The molecule has 0 spiro atoms. The molecule has 0 radical (unpaired) electrons. The van der Waals surface area contributed by atoms with Crippen molar-refractivity contribution in [2.45, 2.75) is 10.8 Å². The number of hydrogen-bond donors (Lipinski definition) is 1. The van der Waals surface area contributed by atoms with E-state index in [-0.39, 0.29) is 49.8 Å². The van der Waals surface area contributed by atoms with Gasteiger partial charge in [-0.3, -0.25) is 4.79 Å². The van der Waals surface area contributed by atoms with Crippen molar-refractivity contribution in [2.24, 2.45) is 0 Å². The van der Waals surface area contributed by atoms with E-state index in [1.54, 1.807) is 7.11 Å². The van der Waals surface area contributed by atoms with Crippen LogP contribution in [0.25, 0.3) is 9.40 Å². The predicted octanol–water partition coefficient (Wildman–Crippen LogP) is -0.151. The van der Waals surface area contributed by atoms with Crippen molar-refractivity contribution in [3.63, 3.8) is 0 Å². The van der Waals surface area contributed by atoms with E-state index >= 15 is 0 Å². The summed E-state index contributed by atoms with van der Waals surface area (Å²) in [4.78, 5) is 12.1. The Morgan fingerprint density at radius 1 is 1.53 bits per heavy atom. The van der Waals surface area contributed by atoms with Crippen LogP contribution < -0.4 is 35.0 Å². The van der Waals surface area contributed by atoms with Crippen molar-refractivity contribution in [2.75, 3.05) is 13.9 Å². The number of thiophene rings is 1. The first-order chi connectivity index (χ1) is 7.74. The molecule has 0 N–H and O–H groups in total. The number of fused-ring (bicyclic) bond motifs is 1. The molecule has 88 valence electrons. The molecule has 0 atom stereocenters. The minimum atomic E-state index is 0. The van der Waals surface area contributed by atoms with Gasteiger partial charge in [-0.2, -0.15) is 0 Å². The molecule has 0 saturated carbocycles. The van der Waals surface area contributed by atoms with Crippen LogP contribution in [0.15, 0.2) is 20.5 Å². The molecular formula is C10H11NaO3S3. The van der Waals surface area contributed by atoms with Gasteiger partial charge in [0.15, 0.2) is 0 Å². The van der Waals surface area contributed by atoms with Gasteiger partial charge in [-0.05, 0) is 11.4 Å². The summed E-state index contributed by atoms with van der Waals surface area (Å²) >= 11 is 7.28. The van der Waals surface area contributed by atoms with Crippen LogP contribution >= 0.6 is 35.3 Å². The molecule has 2 aromatic heterocycles. The number of ether oxygens (including phenoxy) is 2. The molecule has 0 aliphatic heterocycles. The summed E-state index contributed by atoms with van der Waals surface area (Å²) in [5, 5.41) is 1.91. The monoisotopic (exact) mass is 298 g/mol. The van der Waals surface area contributed by atoms with Gasteiger partial charge in [0.2, 0.25) is 5.43 Å². The number of rotatable bonds is 4.